The summed E-state index contributed by atoms with van der Waals surface area (Å²) in [7, 11) is 0. The molecule has 1 heteroatoms. The van der Waals surface area contributed by atoms with Crippen LogP contribution < -0.4 is 4.90 Å². The molecule has 0 radical (unpaired) electrons. The molecule has 1 fully saturated rings. The molecule has 9 heavy (non-hydrogen) atoms. The van der Waals surface area contributed by atoms with Gasteiger partial charge in [0.2, 0.25) is 0 Å². The predicted octanol–water partition coefficient (Wildman–Crippen LogP) is 0.464. The zero-order valence-corrected chi connectivity index (χ0v) is 6.61. The van der Waals surface area contributed by atoms with Crippen molar-refractivity contribution in [2.75, 3.05) is 13.1 Å². The fraction of sp³-hybridized carbons (Fsp3) is 1.00. The Bertz CT molecular complexity index is 70.6. The average Bonchev–Trinajstić information content (AvgIpc) is 2.33. The molecule has 0 bridgehead atoms. The molecular formula is C8H18N+. The maximum Gasteiger partial charge on any atom is 0.0874 e. The standard InChI is InChI=1S/C8H17N/c1-3-8-6-5-7-9(8)4-2/h8H,3-7H2,1-2H3/p+1. The van der Waals surface area contributed by atoms with Crippen LogP contribution in [0.3, 0.4) is 0 Å². The van der Waals surface area contributed by atoms with E-state index in [1.54, 1.807) is 0 Å². The van der Waals surface area contributed by atoms with E-state index in [0.29, 0.717) is 0 Å². The van der Waals surface area contributed by atoms with Gasteiger partial charge in [0.25, 0.3) is 0 Å². The number of rotatable bonds is 2. The van der Waals surface area contributed by atoms with Crippen LogP contribution in [0.5, 0.6) is 0 Å². The molecular weight excluding hydrogens is 110 g/mol. The Hall–Kier alpha value is -0.0400. The van der Waals surface area contributed by atoms with Crippen LogP contribution in [0, 0.1) is 0 Å². The molecule has 0 aromatic rings. The van der Waals surface area contributed by atoms with Gasteiger partial charge < -0.3 is 4.90 Å². The normalized spacial score (nSPS) is 35.3. The zero-order valence-electron chi connectivity index (χ0n) is 6.61. The quantitative estimate of drug-likeness (QED) is 0.551. The van der Waals surface area contributed by atoms with Gasteiger partial charge in [0.15, 0.2) is 0 Å². The summed E-state index contributed by atoms with van der Waals surface area (Å²) in [6.45, 7) is 7.36. The van der Waals surface area contributed by atoms with E-state index in [9.17, 15) is 0 Å². The van der Waals surface area contributed by atoms with E-state index in [2.05, 4.69) is 13.8 Å². The van der Waals surface area contributed by atoms with E-state index in [-0.39, 0.29) is 0 Å². The van der Waals surface area contributed by atoms with Gasteiger partial charge in [-0.3, -0.25) is 0 Å². The van der Waals surface area contributed by atoms with E-state index in [0.717, 1.165) is 6.04 Å². The van der Waals surface area contributed by atoms with Crippen LogP contribution in [0.4, 0.5) is 0 Å². The second-order valence-electron chi connectivity index (χ2n) is 3.01. The summed E-state index contributed by atoms with van der Waals surface area (Å²) in [5.74, 6) is 0. The van der Waals surface area contributed by atoms with Crippen molar-refractivity contribution in [1.82, 2.24) is 0 Å². The van der Waals surface area contributed by atoms with Gasteiger partial charge in [-0.1, -0.05) is 6.92 Å². The molecule has 2 atom stereocenters. The van der Waals surface area contributed by atoms with E-state index in [1.165, 1.54) is 32.4 Å². The summed E-state index contributed by atoms with van der Waals surface area (Å²) in [5.41, 5.74) is 0. The Morgan fingerprint density at radius 1 is 1.44 bits per heavy atom. The Kier molecular flexibility index (Phi) is 2.52. The van der Waals surface area contributed by atoms with Crippen molar-refractivity contribution in [3.8, 4) is 0 Å². The van der Waals surface area contributed by atoms with Gasteiger partial charge in [-0.2, -0.15) is 0 Å². The number of hydrogen-bond donors (Lipinski definition) is 1. The minimum atomic E-state index is 0.995. The minimum Gasteiger partial charge on any atom is -0.333 e. The largest absolute Gasteiger partial charge is 0.333 e. The molecule has 0 spiro atoms. The summed E-state index contributed by atoms with van der Waals surface area (Å²) in [5, 5.41) is 0. The second kappa shape index (κ2) is 3.21. The molecule has 54 valence electrons. The molecule has 2 unspecified atom stereocenters. The van der Waals surface area contributed by atoms with Crippen molar-refractivity contribution in [1.29, 1.82) is 0 Å². The first-order valence-corrected chi connectivity index (χ1v) is 4.23. The Balaban J connectivity index is 2.32. The highest BCUT2D eigenvalue weighted by Gasteiger charge is 2.24. The second-order valence-corrected chi connectivity index (χ2v) is 3.01. The van der Waals surface area contributed by atoms with Gasteiger partial charge in [-0.25, -0.2) is 0 Å². The summed E-state index contributed by atoms with van der Waals surface area (Å²) in [6, 6.07) is 0.995. The van der Waals surface area contributed by atoms with Crippen molar-refractivity contribution < 1.29 is 4.90 Å². The van der Waals surface area contributed by atoms with Gasteiger partial charge in [0.1, 0.15) is 0 Å². The highest BCUT2D eigenvalue weighted by Crippen LogP contribution is 2.02. The first-order chi connectivity index (χ1) is 4.38. The topological polar surface area (TPSA) is 4.44 Å². The summed E-state index contributed by atoms with van der Waals surface area (Å²) in [4.78, 5) is 1.83. The molecule has 0 aromatic carbocycles. The third kappa shape index (κ3) is 1.45. The summed E-state index contributed by atoms with van der Waals surface area (Å²) < 4.78 is 0. The average molecular weight is 128 g/mol. The molecule has 0 aromatic heterocycles. The lowest BCUT2D eigenvalue weighted by atomic mass is 10.2. The van der Waals surface area contributed by atoms with E-state index < -0.39 is 0 Å². The van der Waals surface area contributed by atoms with Crippen LogP contribution in [0.15, 0.2) is 0 Å². The van der Waals surface area contributed by atoms with Crippen LogP contribution >= 0.6 is 0 Å². The minimum absolute atomic E-state index is 0.995. The molecule has 0 saturated carbocycles. The van der Waals surface area contributed by atoms with Gasteiger partial charge in [-0.05, 0) is 13.3 Å². The molecule has 1 rings (SSSR count). The fourth-order valence-corrected chi connectivity index (χ4v) is 1.94. The smallest absolute Gasteiger partial charge is 0.0874 e. The van der Waals surface area contributed by atoms with Crippen molar-refractivity contribution in [2.45, 2.75) is 39.2 Å². The lowest BCUT2D eigenvalue weighted by Crippen LogP contribution is -3.13. The lowest BCUT2D eigenvalue weighted by Gasteiger charge is -2.17. The number of nitrogens with one attached hydrogen (secondary N) is 1. The van der Waals surface area contributed by atoms with Gasteiger partial charge in [0.05, 0.1) is 19.1 Å². The van der Waals surface area contributed by atoms with E-state index >= 15 is 0 Å². The first-order valence-electron chi connectivity index (χ1n) is 4.23. The molecule has 1 aliphatic rings. The Morgan fingerprint density at radius 2 is 2.22 bits per heavy atom. The van der Waals surface area contributed by atoms with Crippen LogP contribution in [0.25, 0.3) is 0 Å². The van der Waals surface area contributed by atoms with Gasteiger partial charge >= 0.3 is 0 Å². The van der Waals surface area contributed by atoms with Crippen molar-refractivity contribution in [2.24, 2.45) is 0 Å². The predicted molar refractivity (Wildman–Crippen MR) is 39.7 cm³/mol. The number of hydrogen-bond acceptors (Lipinski definition) is 0. The lowest BCUT2D eigenvalue weighted by molar-refractivity contribution is -0.910. The van der Waals surface area contributed by atoms with E-state index in [4.69, 9.17) is 0 Å². The highest BCUT2D eigenvalue weighted by atomic mass is 15.2. The van der Waals surface area contributed by atoms with Crippen molar-refractivity contribution in [3.63, 3.8) is 0 Å². The van der Waals surface area contributed by atoms with Crippen molar-refractivity contribution >= 4 is 0 Å². The third-order valence-corrected chi connectivity index (χ3v) is 2.57. The van der Waals surface area contributed by atoms with Crippen LogP contribution in [0.2, 0.25) is 0 Å². The van der Waals surface area contributed by atoms with Crippen LogP contribution in [0.1, 0.15) is 33.1 Å². The summed E-state index contributed by atoms with van der Waals surface area (Å²) in [6.07, 6.45) is 4.31. The third-order valence-electron chi connectivity index (χ3n) is 2.57. The number of quaternary nitrogens is 1. The van der Waals surface area contributed by atoms with Gasteiger partial charge in [0, 0.05) is 12.8 Å². The fourth-order valence-electron chi connectivity index (χ4n) is 1.94. The Labute approximate surface area is 58.0 Å². The Morgan fingerprint density at radius 3 is 2.67 bits per heavy atom. The molecule has 1 heterocycles. The molecule has 1 saturated heterocycles. The zero-order chi connectivity index (χ0) is 6.69. The van der Waals surface area contributed by atoms with Crippen LogP contribution in [-0.4, -0.2) is 19.1 Å². The summed E-state index contributed by atoms with van der Waals surface area (Å²) >= 11 is 0. The molecule has 1 nitrogen and oxygen atoms in total. The van der Waals surface area contributed by atoms with E-state index in [1.807, 2.05) is 4.90 Å². The highest BCUT2D eigenvalue weighted by molar-refractivity contribution is 4.58. The SMILES string of the molecule is CCC1CCC[NH+]1CC. The molecule has 1 aliphatic heterocycles. The monoisotopic (exact) mass is 128 g/mol. The van der Waals surface area contributed by atoms with Gasteiger partial charge in [-0.15, -0.1) is 0 Å². The maximum absolute atomic E-state index is 2.31. The molecule has 1 N–H and O–H groups in total. The van der Waals surface area contributed by atoms with Crippen molar-refractivity contribution in [3.05, 3.63) is 0 Å². The first kappa shape index (κ1) is 7.07. The molecule has 0 aliphatic carbocycles. The van der Waals surface area contributed by atoms with Crippen LogP contribution in [-0.2, 0) is 0 Å². The number of likely N-dealkylation sites (tertiary alicyclic amines) is 1. The maximum atomic E-state index is 2.31. The molecule has 0 amide bonds.